The average Bonchev–Trinajstić information content (AvgIpc) is 3.10. The molecule has 9 heteroatoms. The smallest absolute Gasteiger partial charge is 0.264 e. The summed E-state index contributed by atoms with van der Waals surface area (Å²) in [7, 11) is 0. The Hall–Kier alpha value is -1.77. The Morgan fingerprint density at radius 2 is 1.84 bits per heavy atom. The van der Waals surface area contributed by atoms with Gasteiger partial charge in [-0.2, -0.15) is 0 Å². The first-order chi connectivity index (χ1) is 15.4. The first-order valence-electron chi connectivity index (χ1n) is 9.29. The SMILES string of the molecule is O=C1NC(=Nc2cccc(Cl)c2Cl)S/C1=C\c1ccc(OCc2ccc(Br)cc2)c(Br)c1. The quantitative estimate of drug-likeness (QED) is 0.297. The molecule has 0 spiro atoms. The highest BCUT2D eigenvalue weighted by atomic mass is 79.9. The third kappa shape index (κ3) is 5.77. The van der Waals surface area contributed by atoms with Crippen molar-refractivity contribution in [1.29, 1.82) is 0 Å². The zero-order chi connectivity index (χ0) is 22.7. The van der Waals surface area contributed by atoms with Gasteiger partial charge < -0.3 is 10.1 Å². The van der Waals surface area contributed by atoms with E-state index in [0.29, 0.717) is 32.4 Å². The van der Waals surface area contributed by atoms with Crippen molar-refractivity contribution in [3.63, 3.8) is 0 Å². The minimum absolute atomic E-state index is 0.224. The maximum atomic E-state index is 12.4. The molecule has 3 aromatic rings. The fourth-order valence-electron chi connectivity index (χ4n) is 2.79. The zero-order valence-electron chi connectivity index (χ0n) is 16.2. The topological polar surface area (TPSA) is 50.7 Å². The summed E-state index contributed by atoms with van der Waals surface area (Å²) in [5, 5.41) is 3.95. The Bertz CT molecular complexity index is 1250. The fourth-order valence-corrected chi connectivity index (χ4v) is 4.73. The molecule has 4 rings (SSSR count). The third-order valence-electron chi connectivity index (χ3n) is 4.37. The number of rotatable bonds is 5. The lowest BCUT2D eigenvalue weighted by atomic mass is 10.2. The molecular formula is C23H14Br2Cl2N2O2S. The molecule has 1 N–H and O–H groups in total. The highest BCUT2D eigenvalue weighted by Crippen LogP contribution is 2.35. The monoisotopic (exact) mass is 610 g/mol. The molecule has 32 heavy (non-hydrogen) atoms. The minimum Gasteiger partial charge on any atom is -0.488 e. The number of ether oxygens (including phenoxy) is 1. The van der Waals surface area contributed by atoms with Crippen LogP contribution in [0, 0.1) is 0 Å². The lowest BCUT2D eigenvalue weighted by Crippen LogP contribution is -2.19. The summed E-state index contributed by atoms with van der Waals surface area (Å²) < 4.78 is 7.73. The fraction of sp³-hybridized carbons (Fsp3) is 0.0435. The number of hydrogen-bond acceptors (Lipinski definition) is 4. The molecule has 1 heterocycles. The maximum Gasteiger partial charge on any atom is 0.264 e. The van der Waals surface area contributed by atoms with Gasteiger partial charge in [-0.1, -0.05) is 63.4 Å². The van der Waals surface area contributed by atoms with Crippen molar-refractivity contribution in [2.45, 2.75) is 6.61 Å². The van der Waals surface area contributed by atoms with Crippen LogP contribution in [0.15, 0.2) is 79.5 Å². The van der Waals surface area contributed by atoms with Crippen LogP contribution in [0.25, 0.3) is 6.08 Å². The van der Waals surface area contributed by atoms with Gasteiger partial charge in [-0.05, 0) is 81.3 Å². The molecule has 3 aromatic carbocycles. The molecule has 0 unspecified atom stereocenters. The van der Waals surface area contributed by atoms with Crippen LogP contribution >= 0.6 is 66.8 Å². The van der Waals surface area contributed by atoms with Crippen LogP contribution < -0.4 is 10.1 Å². The number of halogens is 4. The largest absolute Gasteiger partial charge is 0.488 e. The molecule has 0 aliphatic carbocycles. The van der Waals surface area contributed by atoms with Crippen molar-refractivity contribution in [2.24, 2.45) is 4.99 Å². The number of thioether (sulfide) groups is 1. The highest BCUT2D eigenvalue weighted by Gasteiger charge is 2.24. The summed E-state index contributed by atoms with van der Waals surface area (Å²) in [6.07, 6.45) is 1.80. The van der Waals surface area contributed by atoms with E-state index in [0.717, 1.165) is 25.8 Å². The number of carbonyl (C=O) groups excluding carboxylic acids is 1. The second kappa shape index (κ2) is 10.4. The Balaban J connectivity index is 1.47. The lowest BCUT2D eigenvalue weighted by molar-refractivity contribution is -0.115. The van der Waals surface area contributed by atoms with E-state index in [1.807, 2.05) is 42.5 Å². The highest BCUT2D eigenvalue weighted by molar-refractivity contribution is 9.10. The van der Waals surface area contributed by atoms with E-state index in [1.54, 1.807) is 24.3 Å². The van der Waals surface area contributed by atoms with Gasteiger partial charge in [-0.3, -0.25) is 4.79 Å². The van der Waals surface area contributed by atoms with Crippen molar-refractivity contribution < 1.29 is 9.53 Å². The summed E-state index contributed by atoms with van der Waals surface area (Å²) in [6, 6.07) is 18.8. The number of amides is 1. The summed E-state index contributed by atoms with van der Waals surface area (Å²) >= 11 is 20.4. The Labute approximate surface area is 216 Å². The van der Waals surface area contributed by atoms with E-state index in [4.69, 9.17) is 27.9 Å². The van der Waals surface area contributed by atoms with Crippen molar-refractivity contribution >= 4 is 89.7 Å². The van der Waals surface area contributed by atoms with Gasteiger partial charge in [0.2, 0.25) is 0 Å². The number of nitrogens with one attached hydrogen (secondary N) is 1. The summed E-state index contributed by atoms with van der Waals surface area (Å²) in [5.41, 5.74) is 2.42. The molecule has 0 bridgehead atoms. The van der Waals surface area contributed by atoms with E-state index in [2.05, 4.69) is 42.2 Å². The Morgan fingerprint density at radius 3 is 2.59 bits per heavy atom. The van der Waals surface area contributed by atoms with E-state index in [-0.39, 0.29) is 5.91 Å². The van der Waals surface area contributed by atoms with Crippen LogP contribution in [0.1, 0.15) is 11.1 Å². The van der Waals surface area contributed by atoms with Crippen LogP contribution in [0.2, 0.25) is 10.0 Å². The Morgan fingerprint density at radius 1 is 1.06 bits per heavy atom. The van der Waals surface area contributed by atoms with Crippen LogP contribution in [0.3, 0.4) is 0 Å². The molecule has 1 aliphatic heterocycles. The second-order valence-electron chi connectivity index (χ2n) is 6.66. The Kier molecular flexibility index (Phi) is 7.63. The van der Waals surface area contributed by atoms with Crippen molar-refractivity contribution in [2.75, 3.05) is 0 Å². The molecule has 0 atom stereocenters. The third-order valence-corrected chi connectivity index (χ3v) is 7.23. The summed E-state index contributed by atoms with van der Waals surface area (Å²) in [4.78, 5) is 17.3. The molecule has 1 amide bonds. The standard InChI is InChI=1S/C23H14Br2Cl2N2O2S/c24-15-7-4-13(5-8-15)12-31-19-9-6-14(10-16(19)25)11-20-22(30)29-23(32-20)28-18-3-1-2-17(26)21(18)27/h1-11H,12H2,(H,28,29,30)/b20-11-. The number of nitrogens with zero attached hydrogens (tertiary/aromatic N) is 1. The van der Waals surface area contributed by atoms with Gasteiger partial charge in [-0.15, -0.1) is 0 Å². The normalized spacial score (nSPS) is 15.9. The lowest BCUT2D eigenvalue weighted by Gasteiger charge is -2.09. The molecule has 4 nitrogen and oxygen atoms in total. The molecule has 0 radical (unpaired) electrons. The number of benzene rings is 3. The van der Waals surface area contributed by atoms with E-state index in [1.165, 1.54) is 11.8 Å². The number of hydrogen-bond donors (Lipinski definition) is 1. The molecule has 162 valence electrons. The second-order valence-corrected chi connectivity index (χ2v) is 10.2. The van der Waals surface area contributed by atoms with Crippen LogP contribution in [0.5, 0.6) is 5.75 Å². The van der Waals surface area contributed by atoms with E-state index >= 15 is 0 Å². The van der Waals surface area contributed by atoms with Gasteiger partial charge in [0.1, 0.15) is 12.4 Å². The average molecular weight is 613 g/mol. The van der Waals surface area contributed by atoms with Gasteiger partial charge in [0, 0.05) is 4.47 Å². The predicted octanol–water partition coefficient (Wildman–Crippen LogP) is 7.99. The van der Waals surface area contributed by atoms with Crippen molar-refractivity contribution in [3.8, 4) is 5.75 Å². The van der Waals surface area contributed by atoms with Crippen LogP contribution in [-0.2, 0) is 11.4 Å². The van der Waals surface area contributed by atoms with E-state index < -0.39 is 0 Å². The van der Waals surface area contributed by atoms with Gasteiger partial charge in [0.25, 0.3) is 5.91 Å². The number of carbonyl (C=O) groups is 1. The van der Waals surface area contributed by atoms with Gasteiger partial charge >= 0.3 is 0 Å². The van der Waals surface area contributed by atoms with Gasteiger partial charge in [0.05, 0.1) is 25.1 Å². The minimum atomic E-state index is -0.224. The summed E-state index contributed by atoms with van der Waals surface area (Å²) in [5.74, 6) is 0.495. The number of amidine groups is 1. The van der Waals surface area contributed by atoms with Crippen LogP contribution in [0.4, 0.5) is 5.69 Å². The predicted molar refractivity (Wildman–Crippen MR) is 140 cm³/mol. The van der Waals surface area contributed by atoms with E-state index in [9.17, 15) is 4.79 Å². The molecule has 1 aliphatic rings. The van der Waals surface area contributed by atoms with Crippen LogP contribution in [-0.4, -0.2) is 11.1 Å². The molecule has 0 aromatic heterocycles. The zero-order valence-corrected chi connectivity index (χ0v) is 21.7. The van der Waals surface area contributed by atoms with Gasteiger partial charge in [0.15, 0.2) is 5.17 Å². The molecule has 1 saturated heterocycles. The maximum absolute atomic E-state index is 12.4. The summed E-state index contributed by atoms with van der Waals surface area (Å²) in [6.45, 7) is 0.455. The molecular weight excluding hydrogens is 599 g/mol. The van der Waals surface area contributed by atoms with Crippen molar-refractivity contribution in [1.82, 2.24) is 5.32 Å². The molecule has 0 saturated carbocycles. The first-order valence-corrected chi connectivity index (χ1v) is 12.5. The van der Waals surface area contributed by atoms with Crippen molar-refractivity contribution in [3.05, 3.63) is 95.7 Å². The first kappa shape index (κ1) is 23.4. The number of aliphatic imine (C=N–C) groups is 1. The van der Waals surface area contributed by atoms with Gasteiger partial charge in [-0.25, -0.2) is 4.99 Å². The molecule has 1 fully saturated rings.